The summed E-state index contributed by atoms with van der Waals surface area (Å²) < 4.78 is 7.95. The summed E-state index contributed by atoms with van der Waals surface area (Å²) in [6, 6.07) is 0.548. The molecule has 0 aromatic carbocycles. The number of anilines is 1. The van der Waals surface area contributed by atoms with Crippen LogP contribution in [0.4, 0.5) is 5.82 Å². The zero-order chi connectivity index (χ0) is 8.55. The summed E-state index contributed by atoms with van der Waals surface area (Å²) in [5, 5.41) is 3.78. The molecule has 0 saturated heterocycles. The van der Waals surface area contributed by atoms with E-state index in [0.29, 0.717) is 11.2 Å². The molecule has 1 heterocycles. The molecule has 2 atom stereocenters. The van der Waals surface area contributed by atoms with Crippen molar-refractivity contribution in [2.45, 2.75) is 25.8 Å². The van der Waals surface area contributed by atoms with Gasteiger partial charge in [-0.05, 0) is 18.8 Å². The molecular weight excluding hydrogens is 194 g/mol. The zero-order valence-corrected chi connectivity index (χ0v) is 8.32. The van der Waals surface area contributed by atoms with Crippen LogP contribution in [-0.2, 0) is 0 Å². The second kappa shape index (κ2) is 3.18. The molecule has 1 fully saturated rings. The molecule has 2 rings (SSSR count). The van der Waals surface area contributed by atoms with Crippen LogP contribution in [0.2, 0.25) is 5.15 Å². The van der Waals surface area contributed by atoms with E-state index in [1.807, 2.05) is 0 Å². The molecule has 1 aromatic rings. The van der Waals surface area contributed by atoms with Gasteiger partial charge in [0.05, 0.1) is 11.7 Å². The Bertz CT molecular complexity index is 275. The predicted octanol–water partition coefficient (Wildman–Crippen LogP) is 2.40. The van der Waals surface area contributed by atoms with E-state index in [-0.39, 0.29) is 0 Å². The van der Waals surface area contributed by atoms with Crippen LogP contribution in [0.5, 0.6) is 0 Å². The number of hydrogen-bond acceptors (Lipinski definition) is 4. The van der Waals surface area contributed by atoms with Crippen molar-refractivity contribution in [2.24, 2.45) is 5.92 Å². The Hall–Kier alpha value is -0.350. The van der Waals surface area contributed by atoms with Gasteiger partial charge in [0, 0.05) is 6.04 Å². The molecule has 1 aromatic heterocycles. The Morgan fingerprint density at radius 3 is 2.75 bits per heavy atom. The molecule has 0 bridgehead atoms. The molecule has 1 aliphatic rings. The van der Waals surface area contributed by atoms with Gasteiger partial charge in [-0.25, -0.2) is 0 Å². The van der Waals surface area contributed by atoms with Gasteiger partial charge in [-0.15, -0.1) is 0 Å². The van der Waals surface area contributed by atoms with Gasteiger partial charge < -0.3 is 5.32 Å². The maximum atomic E-state index is 5.79. The van der Waals surface area contributed by atoms with Crippen molar-refractivity contribution in [1.82, 2.24) is 8.75 Å². The Kier molecular flexibility index (Phi) is 2.19. The van der Waals surface area contributed by atoms with Gasteiger partial charge in [-0.3, -0.25) is 0 Å². The highest BCUT2D eigenvalue weighted by atomic mass is 35.5. The Balaban J connectivity index is 1.99. The number of nitrogens with zero attached hydrogens (tertiary/aromatic N) is 2. The van der Waals surface area contributed by atoms with E-state index in [1.165, 1.54) is 12.8 Å². The van der Waals surface area contributed by atoms with Gasteiger partial charge in [-0.2, -0.15) is 8.75 Å². The monoisotopic (exact) mass is 203 g/mol. The van der Waals surface area contributed by atoms with Crippen LogP contribution < -0.4 is 5.32 Å². The van der Waals surface area contributed by atoms with Gasteiger partial charge in [0.1, 0.15) is 0 Å². The summed E-state index contributed by atoms with van der Waals surface area (Å²) >= 11 is 6.94. The van der Waals surface area contributed by atoms with Crippen LogP contribution in [0.15, 0.2) is 0 Å². The first-order chi connectivity index (χ1) is 5.77. The average Bonchev–Trinajstić information content (AvgIpc) is 2.44. The van der Waals surface area contributed by atoms with Crippen molar-refractivity contribution < 1.29 is 0 Å². The second-order valence-corrected chi connectivity index (χ2v) is 4.10. The lowest BCUT2D eigenvalue weighted by Crippen LogP contribution is -2.36. The number of hydrogen-bond donors (Lipinski definition) is 1. The fourth-order valence-electron chi connectivity index (χ4n) is 1.32. The summed E-state index contributed by atoms with van der Waals surface area (Å²) in [4.78, 5) is 0. The summed E-state index contributed by atoms with van der Waals surface area (Å²) in [6.07, 6.45) is 2.52. The largest absolute Gasteiger partial charge is 0.364 e. The van der Waals surface area contributed by atoms with Crippen molar-refractivity contribution >= 4 is 29.1 Å². The van der Waals surface area contributed by atoms with Crippen molar-refractivity contribution in [2.75, 3.05) is 5.32 Å². The van der Waals surface area contributed by atoms with Gasteiger partial charge in [-0.1, -0.05) is 18.5 Å². The van der Waals surface area contributed by atoms with Crippen LogP contribution in [0.25, 0.3) is 0 Å². The molecule has 5 heteroatoms. The summed E-state index contributed by atoms with van der Waals surface area (Å²) in [6.45, 7) is 2.23. The quantitative estimate of drug-likeness (QED) is 0.802. The minimum atomic E-state index is 0.499. The maximum Gasteiger partial charge on any atom is 0.186 e. The molecule has 1 N–H and O–H groups in total. The van der Waals surface area contributed by atoms with E-state index < -0.39 is 0 Å². The van der Waals surface area contributed by atoms with E-state index in [2.05, 4.69) is 21.0 Å². The normalized spacial score (nSPS) is 28.2. The SMILES string of the molecule is CC1CCC1Nc1nsnc1Cl. The Labute approximate surface area is 80.5 Å². The smallest absolute Gasteiger partial charge is 0.186 e. The van der Waals surface area contributed by atoms with E-state index >= 15 is 0 Å². The van der Waals surface area contributed by atoms with Gasteiger partial charge in [0.2, 0.25) is 0 Å². The average molecular weight is 204 g/mol. The lowest BCUT2D eigenvalue weighted by molar-refractivity contribution is 0.303. The fraction of sp³-hybridized carbons (Fsp3) is 0.714. The highest BCUT2D eigenvalue weighted by Gasteiger charge is 2.27. The molecule has 0 amide bonds. The van der Waals surface area contributed by atoms with Crippen LogP contribution in [0.1, 0.15) is 19.8 Å². The standard InChI is InChI=1S/C7H10ClN3S/c1-4-2-3-5(4)9-7-6(8)10-12-11-7/h4-5H,2-3H2,1H3,(H,9,11). The van der Waals surface area contributed by atoms with Crippen molar-refractivity contribution in [3.63, 3.8) is 0 Å². The maximum absolute atomic E-state index is 5.79. The molecule has 66 valence electrons. The van der Waals surface area contributed by atoms with Crippen LogP contribution in [0, 0.1) is 5.92 Å². The van der Waals surface area contributed by atoms with Gasteiger partial charge >= 0.3 is 0 Å². The van der Waals surface area contributed by atoms with Crippen LogP contribution in [0.3, 0.4) is 0 Å². The van der Waals surface area contributed by atoms with E-state index in [0.717, 1.165) is 23.5 Å². The third-order valence-corrected chi connectivity index (χ3v) is 3.28. The van der Waals surface area contributed by atoms with Gasteiger partial charge in [0.15, 0.2) is 11.0 Å². The van der Waals surface area contributed by atoms with E-state index in [1.54, 1.807) is 0 Å². The Morgan fingerprint density at radius 1 is 1.50 bits per heavy atom. The molecular formula is C7H10ClN3S. The highest BCUT2D eigenvalue weighted by molar-refractivity contribution is 6.99. The highest BCUT2D eigenvalue weighted by Crippen LogP contribution is 2.31. The molecule has 3 nitrogen and oxygen atoms in total. The topological polar surface area (TPSA) is 37.8 Å². The number of halogens is 1. The fourth-order valence-corrected chi connectivity index (χ4v) is 1.98. The van der Waals surface area contributed by atoms with Crippen LogP contribution >= 0.6 is 23.3 Å². The zero-order valence-electron chi connectivity index (χ0n) is 6.75. The molecule has 1 saturated carbocycles. The lowest BCUT2D eigenvalue weighted by Gasteiger charge is -2.34. The first-order valence-corrected chi connectivity index (χ1v) is 5.13. The number of nitrogens with one attached hydrogen (secondary N) is 1. The lowest BCUT2D eigenvalue weighted by atomic mass is 9.81. The molecule has 0 spiro atoms. The third-order valence-electron chi connectivity index (χ3n) is 2.39. The molecule has 12 heavy (non-hydrogen) atoms. The predicted molar refractivity (Wildman–Crippen MR) is 50.7 cm³/mol. The molecule has 1 aliphatic carbocycles. The third kappa shape index (κ3) is 1.41. The van der Waals surface area contributed by atoms with Crippen molar-refractivity contribution in [3.8, 4) is 0 Å². The second-order valence-electron chi connectivity index (χ2n) is 3.21. The van der Waals surface area contributed by atoms with E-state index in [9.17, 15) is 0 Å². The Morgan fingerprint density at radius 2 is 2.33 bits per heavy atom. The van der Waals surface area contributed by atoms with Crippen molar-refractivity contribution in [1.29, 1.82) is 0 Å². The first-order valence-electron chi connectivity index (χ1n) is 4.02. The minimum absolute atomic E-state index is 0.499. The first kappa shape index (κ1) is 8.26. The number of aromatic nitrogens is 2. The summed E-state index contributed by atoms with van der Waals surface area (Å²) in [5.74, 6) is 1.49. The van der Waals surface area contributed by atoms with Gasteiger partial charge in [0.25, 0.3) is 0 Å². The minimum Gasteiger partial charge on any atom is -0.364 e. The molecule has 0 radical (unpaired) electrons. The van der Waals surface area contributed by atoms with Crippen molar-refractivity contribution in [3.05, 3.63) is 5.15 Å². The molecule has 0 aliphatic heterocycles. The number of rotatable bonds is 2. The van der Waals surface area contributed by atoms with E-state index in [4.69, 9.17) is 11.6 Å². The summed E-state index contributed by atoms with van der Waals surface area (Å²) in [5.41, 5.74) is 0. The summed E-state index contributed by atoms with van der Waals surface area (Å²) in [7, 11) is 0. The van der Waals surface area contributed by atoms with Crippen LogP contribution in [-0.4, -0.2) is 14.8 Å². The molecule has 2 unspecified atom stereocenters.